The summed E-state index contributed by atoms with van der Waals surface area (Å²) in [6.45, 7) is 3.47. The first-order chi connectivity index (χ1) is 20.8. The van der Waals surface area contributed by atoms with Crippen LogP contribution in [0.2, 0.25) is 0 Å². The molecule has 3 rings (SSSR count). The van der Waals surface area contributed by atoms with Crippen LogP contribution in [0.25, 0.3) is 0 Å². The Labute approximate surface area is 257 Å². The molecule has 1 aromatic heterocycles. The number of carbonyl (C=O) groups excluding carboxylic acids is 1. The molecule has 1 N–H and O–H groups in total. The summed E-state index contributed by atoms with van der Waals surface area (Å²) >= 11 is 0. The molecule has 2 aromatic carbocycles. The van der Waals surface area contributed by atoms with Gasteiger partial charge in [0.1, 0.15) is 6.54 Å². The van der Waals surface area contributed by atoms with E-state index in [9.17, 15) is 23.1 Å². The number of hydrogen-bond acceptors (Lipinski definition) is 5. The summed E-state index contributed by atoms with van der Waals surface area (Å²) in [4.78, 5) is 21.2. The normalized spacial score (nSPS) is 11.0. The van der Waals surface area contributed by atoms with Gasteiger partial charge in [0.25, 0.3) is 0 Å². The molecule has 0 radical (unpaired) electrons. The number of aromatic nitrogens is 1. The average molecular weight is 610 g/mol. The molecule has 3 aromatic rings. The summed E-state index contributed by atoms with van der Waals surface area (Å²) in [5.74, 6) is -2.55. The van der Waals surface area contributed by atoms with Crippen molar-refractivity contribution in [1.29, 1.82) is 0 Å². The second kappa shape index (κ2) is 20.4. The first kappa shape index (κ1) is 35.7. The maximum Gasteiger partial charge on any atom is 0.335 e. The lowest BCUT2D eigenvalue weighted by Gasteiger charge is -2.07. The van der Waals surface area contributed by atoms with Crippen LogP contribution in [-0.2, 0) is 16.4 Å². The van der Waals surface area contributed by atoms with Gasteiger partial charge in [-0.25, -0.2) is 17.8 Å². The quantitative estimate of drug-likeness (QED) is 0.115. The van der Waals surface area contributed by atoms with Crippen molar-refractivity contribution in [2.45, 2.75) is 113 Å². The van der Waals surface area contributed by atoms with E-state index in [1.54, 1.807) is 0 Å². The smallest absolute Gasteiger partial charge is 0.335 e. The highest BCUT2D eigenvalue weighted by molar-refractivity contribution is 7.91. The van der Waals surface area contributed by atoms with Crippen molar-refractivity contribution in [2.75, 3.05) is 0 Å². The zero-order valence-corrected chi connectivity index (χ0v) is 26.3. The van der Waals surface area contributed by atoms with Gasteiger partial charge in [-0.1, -0.05) is 102 Å². The van der Waals surface area contributed by atoms with Crippen molar-refractivity contribution in [1.82, 2.24) is 0 Å². The number of hydrogen-bond donors (Lipinski definition) is 1. The molecular formula is C35H47NO6S. The Morgan fingerprint density at radius 1 is 0.628 bits per heavy atom. The molecule has 7 nitrogen and oxygen atoms in total. The SMILES string of the molecule is CCCCCCCCCCCCCCCC[n+]1ccccc1.O=C([O-])c1ccc(S(=O)(=O)c2ccc(C(=O)O)cc2)cc1. The highest BCUT2D eigenvalue weighted by Gasteiger charge is 2.18. The van der Waals surface area contributed by atoms with Crippen LogP contribution in [0.5, 0.6) is 0 Å². The number of unbranched alkanes of at least 4 members (excludes halogenated alkanes) is 13. The number of rotatable bonds is 19. The van der Waals surface area contributed by atoms with Crippen LogP contribution >= 0.6 is 0 Å². The molecule has 0 spiro atoms. The van der Waals surface area contributed by atoms with Crippen LogP contribution in [0, 0.1) is 0 Å². The Morgan fingerprint density at radius 3 is 1.42 bits per heavy atom. The van der Waals surface area contributed by atoms with E-state index in [1.165, 1.54) is 121 Å². The second-order valence-electron chi connectivity index (χ2n) is 10.9. The molecule has 0 aliphatic rings. The summed E-state index contributed by atoms with van der Waals surface area (Å²) in [6.07, 6.45) is 24.4. The van der Waals surface area contributed by atoms with E-state index in [1.807, 2.05) is 0 Å². The van der Waals surface area contributed by atoms with Crippen LogP contribution in [-0.4, -0.2) is 25.5 Å². The summed E-state index contributed by atoms with van der Waals surface area (Å²) in [6, 6.07) is 15.6. The Kier molecular flexibility index (Phi) is 16.9. The molecule has 0 bridgehead atoms. The zero-order chi connectivity index (χ0) is 31.3. The molecule has 0 unspecified atom stereocenters. The van der Waals surface area contributed by atoms with Crippen LogP contribution < -0.4 is 9.67 Å². The van der Waals surface area contributed by atoms with E-state index >= 15 is 0 Å². The van der Waals surface area contributed by atoms with Crippen molar-refractivity contribution in [3.05, 3.63) is 90.3 Å². The van der Waals surface area contributed by atoms with Gasteiger partial charge < -0.3 is 15.0 Å². The predicted molar refractivity (Wildman–Crippen MR) is 167 cm³/mol. The topological polar surface area (TPSA) is 115 Å². The van der Waals surface area contributed by atoms with Crippen molar-refractivity contribution in [3.8, 4) is 0 Å². The van der Waals surface area contributed by atoms with Gasteiger partial charge >= 0.3 is 5.97 Å². The van der Waals surface area contributed by atoms with Gasteiger partial charge in [0.15, 0.2) is 12.4 Å². The first-order valence-electron chi connectivity index (χ1n) is 15.6. The molecular weight excluding hydrogens is 562 g/mol. The number of nitrogens with zero attached hydrogens (tertiary/aromatic N) is 1. The molecule has 234 valence electrons. The van der Waals surface area contributed by atoms with E-state index < -0.39 is 21.8 Å². The van der Waals surface area contributed by atoms with Gasteiger partial charge in [-0.15, -0.1) is 0 Å². The minimum atomic E-state index is -3.83. The zero-order valence-electron chi connectivity index (χ0n) is 25.5. The van der Waals surface area contributed by atoms with E-state index in [0.29, 0.717) is 0 Å². The summed E-state index contributed by atoms with van der Waals surface area (Å²) in [5.41, 5.74) is -0.156. The third-order valence-electron chi connectivity index (χ3n) is 7.36. The Morgan fingerprint density at radius 2 is 1.02 bits per heavy atom. The molecule has 0 fully saturated rings. The third kappa shape index (κ3) is 14.0. The van der Waals surface area contributed by atoms with Gasteiger partial charge in [0.2, 0.25) is 9.84 Å². The molecule has 0 aliphatic carbocycles. The van der Waals surface area contributed by atoms with E-state index in [2.05, 4.69) is 42.1 Å². The Hall–Kier alpha value is -3.52. The van der Waals surface area contributed by atoms with Gasteiger partial charge in [-0.2, -0.15) is 0 Å². The monoisotopic (exact) mass is 609 g/mol. The van der Waals surface area contributed by atoms with Crippen molar-refractivity contribution >= 4 is 21.8 Å². The van der Waals surface area contributed by atoms with Crippen LogP contribution in [0.15, 0.2) is 88.9 Å². The van der Waals surface area contributed by atoms with Crippen molar-refractivity contribution in [3.63, 3.8) is 0 Å². The van der Waals surface area contributed by atoms with Crippen LogP contribution in [0.1, 0.15) is 118 Å². The highest BCUT2D eigenvalue weighted by atomic mass is 32.2. The molecule has 0 saturated carbocycles. The Balaban J connectivity index is 0.000000300. The number of carboxylic acids is 2. The number of benzene rings is 2. The van der Waals surface area contributed by atoms with Gasteiger partial charge in [-0.3, -0.25) is 0 Å². The lowest BCUT2D eigenvalue weighted by atomic mass is 10.0. The standard InChI is InChI=1S/C21H38N.C14H10O6S/c1-2-3-4-5-6-7-8-9-10-11-12-13-14-16-19-22-20-17-15-18-21-22;15-13(16)9-1-5-11(6-2-9)21(19,20)12-7-3-10(4-8-12)14(17)18/h15,17-18,20-21H,2-14,16,19H2,1H3;1-8H,(H,15,16)(H,17,18)/q+1;/p-1. The molecule has 0 atom stereocenters. The fourth-order valence-corrected chi connectivity index (χ4v) is 6.02. The summed E-state index contributed by atoms with van der Waals surface area (Å²) in [5, 5.41) is 19.4. The first-order valence-corrected chi connectivity index (χ1v) is 17.1. The number of aryl methyl sites for hydroxylation is 1. The van der Waals surface area contributed by atoms with E-state index in [0.717, 1.165) is 24.3 Å². The molecule has 0 saturated heterocycles. The number of pyridine rings is 1. The fourth-order valence-electron chi connectivity index (χ4n) is 4.76. The minimum absolute atomic E-state index is 0.0266. The van der Waals surface area contributed by atoms with E-state index in [4.69, 9.17) is 5.11 Å². The van der Waals surface area contributed by atoms with E-state index in [-0.39, 0.29) is 20.9 Å². The molecule has 8 heteroatoms. The lowest BCUT2D eigenvalue weighted by Crippen LogP contribution is -2.32. The number of aromatic carboxylic acids is 2. The highest BCUT2D eigenvalue weighted by Crippen LogP contribution is 2.21. The lowest BCUT2D eigenvalue weighted by molar-refractivity contribution is -0.697. The number of carbonyl (C=O) groups is 2. The van der Waals surface area contributed by atoms with Crippen LogP contribution in [0.4, 0.5) is 0 Å². The third-order valence-corrected chi connectivity index (χ3v) is 9.14. The van der Waals surface area contributed by atoms with Gasteiger partial charge in [0, 0.05) is 18.6 Å². The average Bonchev–Trinajstić information content (AvgIpc) is 3.02. The maximum absolute atomic E-state index is 12.3. The molecule has 1 heterocycles. The molecule has 0 amide bonds. The largest absolute Gasteiger partial charge is 0.545 e. The maximum atomic E-state index is 12.3. The molecule has 43 heavy (non-hydrogen) atoms. The van der Waals surface area contributed by atoms with Gasteiger partial charge in [-0.05, 0) is 48.4 Å². The fraction of sp³-hybridized carbons (Fsp3) is 0.457. The van der Waals surface area contributed by atoms with Crippen molar-refractivity contribution < 1.29 is 32.8 Å². The summed E-state index contributed by atoms with van der Waals surface area (Å²) < 4.78 is 26.9. The number of carboxylic acid groups (broad SMARTS) is 2. The minimum Gasteiger partial charge on any atom is -0.545 e. The Bertz CT molecular complexity index is 1240. The van der Waals surface area contributed by atoms with Crippen molar-refractivity contribution in [2.24, 2.45) is 0 Å². The molecule has 0 aliphatic heterocycles. The van der Waals surface area contributed by atoms with Crippen LogP contribution in [0.3, 0.4) is 0 Å². The second-order valence-corrected chi connectivity index (χ2v) is 12.8. The number of sulfone groups is 1. The van der Waals surface area contributed by atoms with Gasteiger partial charge in [0.05, 0.1) is 21.3 Å². The predicted octanol–water partition coefficient (Wildman–Crippen LogP) is 7.04. The summed E-state index contributed by atoms with van der Waals surface area (Å²) in [7, 11) is -3.83.